The number of halogens is 6. The van der Waals surface area contributed by atoms with Gasteiger partial charge in [-0.25, -0.2) is 0 Å². The first-order valence-corrected chi connectivity index (χ1v) is 29.9. The van der Waals surface area contributed by atoms with Crippen molar-refractivity contribution < 1.29 is 38.1 Å². The summed E-state index contributed by atoms with van der Waals surface area (Å²) in [5.74, 6) is -1.60. The largest absolute Gasteiger partial charge is 0.483 e. The highest BCUT2D eigenvalue weighted by Crippen LogP contribution is 2.27. The minimum absolute atomic E-state index is 0.0511. The highest BCUT2D eigenvalue weighted by molar-refractivity contribution is 9.11. The van der Waals surface area contributed by atoms with E-state index in [1.807, 2.05) is 121 Å². The number of aromatic nitrogens is 2. The molecule has 0 bridgehead atoms. The Labute approximate surface area is 534 Å². The van der Waals surface area contributed by atoms with Crippen LogP contribution in [-0.4, -0.2) is 50.0 Å². The molecule has 0 saturated heterocycles. The number of carbonyl (C=O) groups is 3. The van der Waals surface area contributed by atoms with Crippen LogP contribution in [0.3, 0.4) is 0 Å². The Morgan fingerprint density at radius 3 is 1.49 bits per heavy atom. The number of nitrogens with one attached hydrogen (secondary N) is 2. The van der Waals surface area contributed by atoms with E-state index in [4.69, 9.17) is 53.4 Å². The number of aliphatic hydroxyl groups excluding tert-OH is 1. The molecule has 1 aliphatic rings. The molecule has 0 unspecified atom stereocenters. The lowest BCUT2D eigenvalue weighted by atomic mass is 10.1. The van der Waals surface area contributed by atoms with Gasteiger partial charge in [-0.15, -0.1) is 0 Å². The van der Waals surface area contributed by atoms with Gasteiger partial charge < -0.3 is 48.4 Å². The molecule has 1 aliphatic heterocycles. The van der Waals surface area contributed by atoms with E-state index < -0.39 is 22.7 Å². The Morgan fingerprint density at radius 1 is 0.523 bits per heavy atom. The van der Waals surface area contributed by atoms with Crippen molar-refractivity contribution in [3.8, 4) is 17.2 Å². The number of hydrogen-bond acceptors (Lipinski definition) is 11. The number of ether oxygens (including phenoxy) is 3. The number of hydrogen-bond donors (Lipinski definition) is 3. The molecule has 0 spiro atoms. The van der Waals surface area contributed by atoms with Crippen molar-refractivity contribution in [1.29, 1.82) is 0 Å². The molecule has 6 aromatic carbocycles. The number of nitrogens with zero attached hydrogens (tertiary/aromatic N) is 3. The molecule has 0 atom stereocenters. The fourth-order valence-electron chi connectivity index (χ4n) is 8.61. The maximum Gasteiger partial charge on any atom is 0.291 e. The molecular weight excluding hydrogens is 1360 g/mol. The predicted molar refractivity (Wildman–Crippen MR) is 340 cm³/mol. The summed E-state index contributed by atoms with van der Waals surface area (Å²) in [4.78, 5) is 78.4. The molecule has 3 aromatic heterocycles. The molecule has 16 nitrogen and oxygen atoms in total. The highest BCUT2D eigenvalue weighted by atomic mass is 79.9. The number of amides is 3. The molecule has 0 aliphatic carbocycles. The van der Waals surface area contributed by atoms with E-state index >= 15 is 0 Å². The molecule has 4 heterocycles. The summed E-state index contributed by atoms with van der Waals surface area (Å²) in [6, 6.07) is 49.8. The van der Waals surface area contributed by atoms with E-state index in [9.17, 15) is 33.9 Å². The van der Waals surface area contributed by atoms with Crippen LogP contribution in [0.25, 0.3) is 0 Å². The lowest BCUT2D eigenvalue weighted by Crippen LogP contribution is -2.41. The zero-order valence-corrected chi connectivity index (χ0v) is 52.6. The van der Waals surface area contributed by atoms with Crippen LogP contribution in [0.5, 0.6) is 17.2 Å². The first-order valence-electron chi connectivity index (χ1n) is 26.4. The number of fused-ring (bicyclic) bond motifs is 1. The number of benzene rings is 6. The zero-order chi connectivity index (χ0) is 61.1. The number of carbonyl (C=O) groups excluding carboxylic acids is 3. The predicted octanol–water partition coefficient (Wildman–Crippen LogP) is 12.8. The second-order valence-electron chi connectivity index (χ2n) is 19.0. The van der Waals surface area contributed by atoms with Crippen LogP contribution in [0.1, 0.15) is 64.9 Å². The van der Waals surface area contributed by atoms with Crippen molar-refractivity contribution >= 4 is 100 Å². The van der Waals surface area contributed by atoms with Crippen molar-refractivity contribution in [1.82, 2.24) is 24.7 Å². The first-order chi connectivity index (χ1) is 41.6. The summed E-state index contributed by atoms with van der Waals surface area (Å²) in [6.45, 7) is 2.37. The highest BCUT2D eigenvalue weighted by Gasteiger charge is 2.31. The Hall–Kier alpha value is -7.75. The van der Waals surface area contributed by atoms with Gasteiger partial charge in [-0.3, -0.25) is 28.8 Å². The Morgan fingerprint density at radius 2 is 0.965 bits per heavy atom. The second-order valence-corrected chi connectivity index (χ2v) is 22.8. The lowest BCUT2D eigenvalue weighted by molar-refractivity contribution is 0.0679. The Balaban J connectivity index is 0.000000168. The summed E-state index contributed by atoms with van der Waals surface area (Å²) in [5.41, 5.74) is 4.33. The van der Waals surface area contributed by atoms with Crippen LogP contribution in [-0.2, 0) is 52.5 Å². The average molecular weight is 1410 g/mol. The minimum Gasteiger partial charge on any atom is -0.483 e. The number of rotatable bonds is 19. The van der Waals surface area contributed by atoms with Crippen LogP contribution < -0.4 is 41.1 Å². The van der Waals surface area contributed by atoms with E-state index in [1.165, 1.54) is 17.0 Å². The maximum atomic E-state index is 13.2. The molecule has 0 saturated carbocycles. The second kappa shape index (κ2) is 31.6. The molecule has 0 radical (unpaired) electrons. The van der Waals surface area contributed by atoms with Crippen LogP contribution in [0.2, 0.25) is 15.1 Å². The van der Waals surface area contributed by atoms with Crippen LogP contribution in [0.15, 0.2) is 215 Å². The van der Waals surface area contributed by atoms with Crippen LogP contribution in [0, 0.1) is 0 Å². The molecule has 3 amide bonds. The monoisotopic (exact) mass is 1410 g/mol. The Kier molecular flexibility index (Phi) is 23.6. The average Bonchev–Trinajstić information content (AvgIpc) is 1.12. The van der Waals surface area contributed by atoms with E-state index in [-0.39, 0.29) is 101 Å². The van der Waals surface area contributed by atoms with Crippen molar-refractivity contribution in [2.75, 3.05) is 13.2 Å². The van der Waals surface area contributed by atoms with Gasteiger partial charge >= 0.3 is 0 Å². The van der Waals surface area contributed by atoms with E-state index in [2.05, 4.69) is 58.4 Å². The molecule has 3 N–H and O–H groups in total. The third kappa shape index (κ3) is 17.7. The molecule has 10 rings (SSSR count). The fourth-order valence-corrected chi connectivity index (χ4v) is 10.4. The van der Waals surface area contributed by atoms with Crippen LogP contribution >= 0.6 is 82.6 Å². The zero-order valence-electron chi connectivity index (χ0n) is 45.5. The third-order valence-corrected chi connectivity index (χ3v) is 15.2. The maximum absolute atomic E-state index is 13.2. The number of aliphatic hydroxyl groups is 1. The molecule has 442 valence electrons. The van der Waals surface area contributed by atoms with E-state index in [0.29, 0.717) is 39.2 Å². The molecule has 9 aromatic rings. The first kappa shape index (κ1) is 64.3. The van der Waals surface area contributed by atoms with Crippen molar-refractivity contribution in [2.45, 2.75) is 52.5 Å². The standard InChI is InChI=1S/C22H20BrClN2O4.C22H18BrClN2O3.C20H15BrClNO4/c23-18-13-26(9-10-27)19(22(29)25-12-16-7-4-8-17(24)11-16)21(20(18)28)30-14-15-5-2-1-3-6-15;23-18-13-25-9-10-26(12-16-7-4-8-17(24)11-16)22(28)19(25)21(20(18)27)29-14-15-5-2-1-3-6-15;21-16-12-27-19(20(25)23-10-14-7-4-8-15(22)9-14)18(17(16)24)26-11-13-5-2-1-3-6-13/h1-8,11,13,27H,9-10,12,14H2,(H,25,29);1-8,11,13H,9-10,12,14H2;1-9,12H,10-11H2,(H,23,25). The van der Waals surface area contributed by atoms with Crippen molar-refractivity contribution in [2.24, 2.45) is 0 Å². The van der Waals surface area contributed by atoms with Gasteiger partial charge in [-0.05, 0) is 118 Å². The van der Waals surface area contributed by atoms with Gasteiger partial charge in [0.25, 0.3) is 17.7 Å². The Bertz CT molecular complexity index is 4030. The minimum atomic E-state index is -0.553. The molecule has 22 heteroatoms. The van der Waals surface area contributed by atoms with Gasteiger partial charge in [0.15, 0.2) is 22.9 Å². The molecule has 0 fully saturated rings. The summed E-state index contributed by atoms with van der Waals surface area (Å²) in [6.07, 6.45) is 4.30. The molecule has 86 heavy (non-hydrogen) atoms. The lowest BCUT2D eigenvalue weighted by Gasteiger charge is -2.31. The van der Waals surface area contributed by atoms with Gasteiger partial charge in [0, 0.05) is 66.7 Å². The van der Waals surface area contributed by atoms with Gasteiger partial charge in [0.1, 0.15) is 30.6 Å². The summed E-state index contributed by atoms with van der Waals surface area (Å²) >= 11 is 27.6. The normalized spacial score (nSPS) is 11.5. The SMILES string of the molecule is O=C(NCc1cccc(Cl)c1)c1c(OCc2ccccc2)c(=O)c(Br)cn1CCO.O=C(NCc1cccc(Cl)c1)c1occ(Br)c(=O)c1OCc1ccccc1.O=C1c2c(OCc3ccccc3)c(=O)c(Br)cn2CCN1Cc1cccc(Cl)c1. The van der Waals surface area contributed by atoms with Gasteiger partial charge in [-0.1, -0.05) is 162 Å². The summed E-state index contributed by atoms with van der Waals surface area (Å²) < 4.78 is 26.7. The smallest absolute Gasteiger partial charge is 0.291 e. The summed E-state index contributed by atoms with van der Waals surface area (Å²) in [5, 5.41) is 16.7. The van der Waals surface area contributed by atoms with Crippen molar-refractivity contribution in [3.63, 3.8) is 0 Å². The molecular formula is C64H53Br3Cl3N5O11. The topological polar surface area (TPSA) is 201 Å². The van der Waals surface area contributed by atoms with Gasteiger partial charge in [0.2, 0.25) is 27.8 Å². The van der Waals surface area contributed by atoms with Gasteiger partial charge in [-0.2, -0.15) is 0 Å². The number of pyridine rings is 2. The fraction of sp³-hybridized carbons (Fsp3) is 0.156. The van der Waals surface area contributed by atoms with E-state index in [1.54, 1.807) is 58.1 Å². The van der Waals surface area contributed by atoms with Crippen molar-refractivity contribution in [3.05, 3.63) is 292 Å². The summed E-state index contributed by atoms with van der Waals surface area (Å²) in [7, 11) is 0. The quantitative estimate of drug-likeness (QED) is 0.0695. The van der Waals surface area contributed by atoms with Crippen LogP contribution in [0.4, 0.5) is 0 Å². The third-order valence-electron chi connectivity index (χ3n) is 12.8. The van der Waals surface area contributed by atoms with Gasteiger partial charge in [0.05, 0.1) is 15.6 Å². The van der Waals surface area contributed by atoms with E-state index in [0.717, 1.165) is 33.4 Å².